The molecule has 0 saturated carbocycles. The third kappa shape index (κ3) is 6.86. The van der Waals surface area contributed by atoms with Crippen molar-refractivity contribution in [2.24, 2.45) is 0 Å². The van der Waals surface area contributed by atoms with Crippen LogP contribution in [0.15, 0.2) is 274 Å². The van der Waals surface area contributed by atoms with Crippen molar-refractivity contribution in [2.45, 2.75) is 58.1 Å². The van der Waals surface area contributed by atoms with E-state index >= 15 is 0 Å². The van der Waals surface area contributed by atoms with Crippen molar-refractivity contribution in [3.05, 3.63) is 277 Å². The van der Waals surface area contributed by atoms with Gasteiger partial charge in [0.25, 0.3) is 0 Å². The zero-order valence-electron chi connectivity index (χ0n) is 39.6. The van der Waals surface area contributed by atoms with E-state index in [1.807, 2.05) is 0 Å². The van der Waals surface area contributed by atoms with E-state index < -0.39 is 10.0 Å². The van der Waals surface area contributed by atoms with Crippen molar-refractivity contribution < 1.29 is 0 Å². The standard InChI is InChI=1S/C66H54N2S/c1-65(2)61-37-19-17-35-57(61)59-45-51(39-41-63(59)65)67(47-23-9-5-10-24-47)49-27-21-33-55(43-49)69(53-29-13-7-14-30-53,54-31-15-8-16-32-54)56-34-22-28-50(44-56)68(48-25-11-6-12-26-48)52-40-42-64-60(46-52)58-36-18-20-38-62(58)66(64,3)4/h5-46H,1-4H3. The maximum absolute atomic E-state index is 2.47. The fourth-order valence-electron chi connectivity index (χ4n) is 11.4. The van der Waals surface area contributed by atoms with Gasteiger partial charge in [-0.3, -0.25) is 0 Å². The summed E-state index contributed by atoms with van der Waals surface area (Å²) < 4.78 is 0. The van der Waals surface area contributed by atoms with Crippen LogP contribution in [0.3, 0.4) is 0 Å². The molecule has 10 aromatic carbocycles. The number of fused-ring (bicyclic) bond motifs is 6. The summed E-state index contributed by atoms with van der Waals surface area (Å²) in [5.74, 6) is 0. The molecule has 0 spiro atoms. The SMILES string of the molecule is CC1(C)c2ccccc2-c2cc(N(c3ccccc3)c3cccc(S(c4ccccc4)(c4ccccc4)c4cccc(N(c5ccccc5)c5ccc6c(c5)-c5ccccc5C6(C)C)c4)c3)ccc21. The quantitative estimate of drug-likeness (QED) is 0.135. The van der Waals surface area contributed by atoms with Gasteiger partial charge < -0.3 is 9.80 Å². The maximum atomic E-state index is 2.47. The summed E-state index contributed by atoms with van der Waals surface area (Å²) in [6, 6.07) is 94.9. The fraction of sp³-hybridized carbons (Fsp3) is 0.0909. The highest BCUT2D eigenvalue weighted by Gasteiger charge is 2.38. The summed E-state index contributed by atoms with van der Waals surface area (Å²) in [6.07, 6.45) is 0. The Morgan fingerprint density at radius 1 is 0.246 bits per heavy atom. The number of hydrogen-bond donors (Lipinski definition) is 0. The minimum absolute atomic E-state index is 0.0796. The average molecular weight is 907 g/mol. The molecule has 334 valence electrons. The first-order valence-corrected chi connectivity index (χ1v) is 25.7. The minimum atomic E-state index is -2.14. The zero-order valence-corrected chi connectivity index (χ0v) is 40.4. The van der Waals surface area contributed by atoms with Crippen LogP contribution in [-0.2, 0) is 10.8 Å². The van der Waals surface area contributed by atoms with Gasteiger partial charge in [-0.2, -0.15) is 0 Å². The fourth-order valence-corrected chi connectivity index (χ4v) is 15.4. The molecule has 0 unspecified atom stereocenters. The number of anilines is 6. The van der Waals surface area contributed by atoms with Gasteiger partial charge in [0.05, 0.1) is 0 Å². The molecule has 0 fully saturated rings. The molecular formula is C66H54N2S. The second-order valence-electron chi connectivity index (χ2n) is 19.4. The van der Waals surface area contributed by atoms with E-state index in [1.54, 1.807) is 0 Å². The van der Waals surface area contributed by atoms with E-state index in [0.717, 1.165) is 34.1 Å². The smallest absolute Gasteiger partial charge is 0.0472 e. The lowest BCUT2D eigenvalue weighted by Gasteiger charge is -2.43. The van der Waals surface area contributed by atoms with Gasteiger partial charge in [0.15, 0.2) is 0 Å². The van der Waals surface area contributed by atoms with Gasteiger partial charge in [0.1, 0.15) is 0 Å². The van der Waals surface area contributed by atoms with Gasteiger partial charge in [0.2, 0.25) is 0 Å². The third-order valence-corrected chi connectivity index (χ3v) is 18.6. The molecule has 0 N–H and O–H groups in total. The minimum Gasteiger partial charge on any atom is -0.310 e. The van der Waals surface area contributed by atoms with Gasteiger partial charge in [-0.05, 0) is 154 Å². The molecule has 0 atom stereocenters. The van der Waals surface area contributed by atoms with Gasteiger partial charge in [-0.25, -0.2) is 0 Å². The Kier molecular flexibility index (Phi) is 10.3. The lowest BCUT2D eigenvalue weighted by molar-refractivity contribution is 0.660. The Balaban J connectivity index is 1.07. The second kappa shape index (κ2) is 16.7. The zero-order chi connectivity index (χ0) is 46.7. The van der Waals surface area contributed by atoms with Crippen LogP contribution >= 0.6 is 10.0 Å². The summed E-state index contributed by atoms with van der Waals surface area (Å²) in [5.41, 5.74) is 17.3. The molecule has 12 rings (SSSR count). The summed E-state index contributed by atoms with van der Waals surface area (Å²) in [4.78, 5) is 9.94. The molecule has 0 saturated heterocycles. The number of rotatable bonds is 10. The van der Waals surface area contributed by atoms with E-state index in [1.165, 1.54) is 64.1 Å². The van der Waals surface area contributed by atoms with Crippen molar-refractivity contribution in [1.82, 2.24) is 0 Å². The van der Waals surface area contributed by atoms with E-state index in [9.17, 15) is 0 Å². The molecule has 0 bridgehead atoms. The van der Waals surface area contributed by atoms with Gasteiger partial charge >= 0.3 is 0 Å². The van der Waals surface area contributed by atoms with Crippen LogP contribution < -0.4 is 9.80 Å². The summed E-state index contributed by atoms with van der Waals surface area (Å²) in [5, 5.41) is 0. The Hall–Kier alpha value is -7.85. The molecule has 0 radical (unpaired) electrons. The average Bonchev–Trinajstić information content (AvgIpc) is 3.77. The topological polar surface area (TPSA) is 6.48 Å². The Bertz CT molecular complexity index is 3270. The van der Waals surface area contributed by atoms with Crippen molar-refractivity contribution in [3.63, 3.8) is 0 Å². The Morgan fingerprint density at radius 2 is 0.551 bits per heavy atom. The van der Waals surface area contributed by atoms with Crippen molar-refractivity contribution >= 4 is 44.2 Å². The monoisotopic (exact) mass is 906 g/mol. The molecule has 2 nitrogen and oxygen atoms in total. The highest BCUT2D eigenvalue weighted by atomic mass is 32.3. The van der Waals surface area contributed by atoms with E-state index in [2.05, 4.69) is 292 Å². The number of benzene rings is 10. The molecular weight excluding hydrogens is 853 g/mol. The lowest BCUT2D eigenvalue weighted by Crippen LogP contribution is -2.15. The number of nitrogens with zero attached hydrogens (tertiary/aromatic N) is 2. The first kappa shape index (κ1) is 42.5. The highest BCUT2D eigenvalue weighted by Crippen LogP contribution is 2.74. The highest BCUT2D eigenvalue weighted by molar-refractivity contribution is 8.34. The van der Waals surface area contributed by atoms with Crippen LogP contribution in [0.2, 0.25) is 0 Å². The summed E-state index contributed by atoms with van der Waals surface area (Å²) >= 11 is 0. The molecule has 0 heterocycles. The second-order valence-corrected chi connectivity index (χ2v) is 22.5. The van der Waals surface area contributed by atoms with Crippen LogP contribution in [0.1, 0.15) is 49.9 Å². The van der Waals surface area contributed by atoms with Crippen LogP contribution in [0.4, 0.5) is 34.1 Å². The van der Waals surface area contributed by atoms with E-state index in [0.29, 0.717) is 0 Å². The van der Waals surface area contributed by atoms with Crippen LogP contribution in [-0.4, -0.2) is 0 Å². The third-order valence-electron chi connectivity index (χ3n) is 14.7. The van der Waals surface area contributed by atoms with E-state index in [-0.39, 0.29) is 10.8 Å². The van der Waals surface area contributed by atoms with Crippen LogP contribution in [0, 0.1) is 0 Å². The summed E-state index contributed by atoms with van der Waals surface area (Å²) in [6.45, 7) is 9.41. The van der Waals surface area contributed by atoms with Gasteiger partial charge in [-0.1, -0.05) is 173 Å². The van der Waals surface area contributed by atoms with Crippen molar-refractivity contribution in [3.8, 4) is 22.3 Å². The number of para-hydroxylation sites is 2. The van der Waals surface area contributed by atoms with Gasteiger partial charge in [0, 0.05) is 64.5 Å². The lowest BCUT2D eigenvalue weighted by atomic mass is 9.82. The van der Waals surface area contributed by atoms with Gasteiger partial charge in [-0.15, -0.1) is 10.0 Å². The summed E-state index contributed by atoms with van der Waals surface area (Å²) in [7, 11) is -2.14. The molecule has 69 heavy (non-hydrogen) atoms. The normalized spacial score (nSPS) is 14.0. The molecule has 3 heteroatoms. The van der Waals surface area contributed by atoms with Crippen LogP contribution in [0.5, 0.6) is 0 Å². The molecule has 0 amide bonds. The Morgan fingerprint density at radius 3 is 0.957 bits per heavy atom. The molecule has 0 aromatic heterocycles. The predicted octanol–water partition coefficient (Wildman–Crippen LogP) is 18.6. The van der Waals surface area contributed by atoms with E-state index in [4.69, 9.17) is 0 Å². The molecule has 10 aromatic rings. The Labute approximate surface area is 409 Å². The first-order valence-electron chi connectivity index (χ1n) is 24.1. The molecule has 0 aliphatic heterocycles. The van der Waals surface area contributed by atoms with Crippen molar-refractivity contribution in [2.75, 3.05) is 9.80 Å². The number of hydrogen-bond acceptors (Lipinski definition) is 2. The first-order chi connectivity index (χ1) is 33.7. The molecule has 2 aliphatic carbocycles. The largest absolute Gasteiger partial charge is 0.310 e. The predicted molar refractivity (Wildman–Crippen MR) is 291 cm³/mol. The van der Waals surface area contributed by atoms with Crippen LogP contribution in [0.25, 0.3) is 22.3 Å². The van der Waals surface area contributed by atoms with Crippen molar-refractivity contribution in [1.29, 1.82) is 0 Å². The molecule has 2 aliphatic rings. The maximum Gasteiger partial charge on any atom is 0.0472 e.